The fourth-order valence-electron chi connectivity index (χ4n) is 5.83. The molecule has 0 radical (unpaired) electrons. The number of hydrogen-bond acceptors (Lipinski definition) is 1. The van der Waals surface area contributed by atoms with Gasteiger partial charge in [-0.1, -0.05) is 67.8 Å². The van der Waals surface area contributed by atoms with E-state index in [0.29, 0.717) is 0 Å². The summed E-state index contributed by atoms with van der Waals surface area (Å²) in [6, 6.07) is 24.0. The number of rotatable bonds is 5. The van der Waals surface area contributed by atoms with Crippen LogP contribution in [0.3, 0.4) is 0 Å². The molecule has 2 bridgehead atoms. The van der Waals surface area contributed by atoms with Crippen molar-refractivity contribution in [1.82, 2.24) is 0 Å². The van der Waals surface area contributed by atoms with Gasteiger partial charge in [-0.2, -0.15) is 0 Å². The lowest BCUT2D eigenvalue weighted by molar-refractivity contribution is 0.132. The van der Waals surface area contributed by atoms with Crippen LogP contribution in [0.4, 0.5) is 11.4 Å². The second kappa shape index (κ2) is 7.99. The standard InChI is InChI=1S/C27H31N/c1-2-9-24(10-3-1)28-27-16-15-23(25-11-4-5-12-26(25)27)14-13-22-18-20-7-6-8-21(17-20)19-22/h1-5,9-12,15-16,20-22,28H,6-8,13-14,17-19H2. The molecule has 1 heteroatoms. The van der Waals surface area contributed by atoms with Crippen molar-refractivity contribution in [2.24, 2.45) is 17.8 Å². The third-order valence-electron chi connectivity index (χ3n) is 7.11. The van der Waals surface area contributed by atoms with Gasteiger partial charge in [0.15, 0.2) is 0 Å². The Bertz CT molecular complexity index is 917. The molecule has 2 atom stereocenters. The molecule has 3 aromatic rings. The minimum Gasteiger partial charge on any atom is -0.355 e. The molecule has 3 aromatic carbocycles. The van der Waals surface area contributed by atoms with Gasteiger partial charge >= 0.3 is 0 Å². The van der Waals surface area contributed by atoms with E-state index in [1.807, 2.05) is 0 Å². The summed E-state index contributed by atoms with van der Waals surface area (Å²) in [5, 5.41) is 6.36. The van der Waals surface area contributed by atoms with E-state index in [0.717, 1.165) is 23.4 Å². The molecule has 0 saturated heterocycles. The summed E-state index contributed by atoms with van der Waals surface area (Å²) in [5.41, 5.74) is 3.87. The van der Waals surface area contributed by atoms with Crippen LogP contribution in [-0.4, -0.2) is 0 Å². The zero-order valence-corrected chi connectivity index (χ0v) is 16.7. The average molecular weight is 370 g/mol. The predicted octanol–water partition coefficient (Wildman–Crippen LogP) is 7.73. The van der Waals surface area contributed by atoms with Gasteiger partial charge < -0.3 is 5.32 Å². The highest BCUT2D eigenvalue weighted by atomic mass is 14.9. The van der Waals surface area contributed by atoms with Crippen LogP contribution in [0, 0.1) is 17.8 Å². The zero-order valence-electron chi connectivity index (χ0n) is 16.7. The lowest BCUT2D eigenvalue weighted by Crippen LogP contribution is -2.27. The van der Waals surface area contributed by atoms with Gasteiger partial charge in [0.1, 0.15) is 0 Å². The number of anilines is 2. The Morgan fingerprint density at radius 2 is 1.43 bits per heavy atom. The van der Waals surface area contributed by atoms with Crippen molar-refractivity contribution < 1.29 is 0 Å². The molecule has 2 unspecified atom stereocenters. The fraction of sp³-hybridized carbons (Fsp3) is 0.407. The Balaban J connectivity index is 1.35. The van der Waals surface area contributed by atoms with Gasteiger partial charge in [0.25, 0.3) is 0 Å². The fourth-order valence-corrected chi connectivity index (χ4v) is 5.83. The predicted molar refractivity (Wildman–Crippen MR) is 120 cm³/mol. The Morgan fingerprint density at radius 1 is 0.714 bits per heavy atom. The van der Waals surface area contributed by atoms with E-state index in [1.54, 1.807) is 0 Å². The van der Waals surface area contributed by atoms with Crippen LogP contribution in [0.2, 0.25) is 0 Å². The highest BCUT2D eigenvalue weighted by Gasteiger charge is 2.31. The zero-order chi connectivity index (χ0) is 18.8. The number of nitrogens with one attached hydrogen (secondary N) is 1. The van der Waals surface area contributed by atoms with Crippen LogP contribution in [0.25, 0.3) is 10.8 Å². The summed E-state index contributed by atoms with van der Waals surface area (Å²) in [6.45, 7) is 0. The van der Waals surface area contributed by atoms with Gasteiger partial charge in [0.2, 0.25) is 0 Å². The van der Waals surface area contributed by atoms with Crippen LogP contribution in [-0.2, 0) is 6.42 Å². The van der Waals surface area contributed by atoms with Crippen molar-refractivity contribution in [3.8, 4) is 0 Å². The molecular weight excluding hydrogens is 338 g/mol. The largest absolute Gasteiger partial charge is 0.355 e. The molecule has 2 fully saturated rings. The summed E-state index contributed by atoms with van der Waals surface area (Å²) in [5.74, 6) is 3.02. The highest BCUT2D eigenvalue weighted by Crippen LogP contribution is 2.44. The second-order valence-electron chi connectivity index (χ2n) is 9.08. The van der Waals surface area contributed by atoms with E-state index >= 15 is 0 Å². The van der Waals surface area contributed by atoms with E-state index < -0.39 is 0 Å². The number of benzene rings is 3. The topological polar surface area (TPSA) is 12.0 Å². The quantitative estimate of drug-likeness (QED) is 0.485. The third kappa shape index (κ3) is 3.81. The maximum absolute atomic E-state index is 3.61. The van der Waals surface area contributed by atoms with E-state index in [1.165, 1.54) is 73.4 Å². The minimum absolute atomic E-state index is 0.949. The van der Waals surface area contributed by atoms with Crippen molar-refractivity contribution in [1.29, 1.82) is 0 Å². The molecule has 1 nitrogen and oxygen atoms in total. The Morgan fingerprint density at radius 3 is 2.21 bits per heavy atom. The highest BCUT2D eigenvalue weighted by molar-refractivity contribution is 5.97. The monoisotopic (exact) mass is 369 g/mol. The SMILES string of the molecule is c1ccc(Nc2ccc(CCC3CC4CCCC(C4)C3)c3ccccc23)cc1. The van der Waals surface area contributed by atoms with Crippen LogP contribution < -0.4 is 5.32 Å². The molecule has 0 heterocycles. The molecule has 28 heavy (non-hydrogen) atoms. The van der Waals surface area contributed by atoms with Crippen molar-refractivity contribution in [2.75, 3.05) is 5.32 Å². The summed E-state index contributed by atoms with van der Waals surface area (Å²) >= 11 is 0. The van der Waals surface area contributed by atoms with Gasteiger partial charge in [0, 0.05) is 16.8 Å². The molecule has 2 saturated carbocycles. The number of hydrogen-bond donors (Lipinski definition) is 1. The third-order valence-corrected chi connectivity index (χ3v) is 7.11. The van der Waals surface area contributed by atoms with Gasteiger partial charge in [-0.05, 0) is 79.0 Å². The van der Waals surface area contributed by atoms with Gasteiger partial charge in [0.05, 0.1) is 0 Å². The molecule has 2 aliphatic carbocycles. The van der Waals surface area contributed by atoms with Crippen LogP contribution in [0.5, 0.6) is 0 Å². The van der Waals surface area contributed by atoms with Crippen LogP contribution >= 0.6 is 0 Å². The molecule has 2 aliphatic rings. The maximum Gasteiger partial charge on any atom is 0.0464 e. The van der Waals surface area contributed by atoms with Crippen molar-refractivity contribution in [3.63, 3.8) is 0 Å². The minimum atomic E-state index is 0.949. The molecule has 0 spiro atoms. The van der Waals surface area contributed by atoms with Crippen LogP contribution in [0.15, 0.2) is 66.7 Å². The molecule has 0 aromatic heterocycles. The maximum atomic E-state index is 3.61. The number of para-hydroxylation sites is 1. The first-order chi connectivity index (χ1) is 13.8. The number of fused-ring (bicyclic) bond motifs is 3. The molecule has 5 rings (SSSR count). The Kier molecular flexibility index (Phi) is 5.08. The van der Waals surface area contributed by atoms with Gasteiger partial charge in [-0.15, -0.1) is 0 Å². The van der Waals surface area contributed by atoms with Gasteiger partial charge in [-0.3, -0.25) is 0 Å². The first kappa shape index (κ1) is 17.8. The normalized spacial score (nSPS) is 24.2. The molecule has 0 amide bonds. The average Bonchev–Trinajstić information content (AvgIpc) is 2.74. The number of aryl methyl sites for hydroxylation is 1. The molecule has 144 valence electrons. The first-order valence-corrected chi connectivity index (χ1v) is 11.2. The molecule has 1 N–H and O–H groups in total. The van der Waals surface area contributed by atoms with Crippen molar-refractivity contribution in [2.45, 2.75) is 51.4 Å². The summed E-state index contributed by atoms with van der Waals surface area (Å²) < 4.78 is 0. The lowest BCUT2D eigenvalue weighted by Gasteiger charge is -2.39. The smallest absolute Gasteiger partial charge is 0.0464 e. The van der Waals surface area contributed by atoms with Crippen molar-refractivity contribution >= 4 is 22.1 Å². The summed E-state index contributed by atoms with van der Waals surface area (Å²) in [7, 11) is 0. The molecular formula is C27H31N. The first-order valence-electron chi connectivity index (χ1n) is 11.2. The van der Waals surface area contributed by atoms with Crippen LogP contribution in [0.1, 0.15) is 50.5 Å². The van der Waals surface area contributed by atoms with E-state index in [2.05, 4.69) is 72.0 Å². The Hall–Kier alpha value is -2.28. The lowest BCUT2D eigenvalue weighted by atomic mass is 9.67. The second-order valence-corrected chi connectivity index (χ2v) is 9.08. The summed E-state index contributed by atoms with van der Waals surface area (Å²) in [6.07, 6.45) is 11.6. The van der Waals surface area contributed by atoms with E-state index in [9.17, 15) is 0 Å². The van der Waals surface area contributed by atoms with Crippen molar-refractivity contribution in [3.05, 3.63) is 72.3 Å². The van der Waals surface area contributed by atoms with Gasteiger partial charge in [-0.25, -0.2) is 0 Å². The van der Waals surface area contributed by atoms with E-state index in [-0.39, 0.29) is 0 Å². The summed E-state index contributed by atoms with van der Waals surface area (Å²) in [4.78, 5) is 0. The molecule has 0 aliphatic heterocycles. The van der Waals surface area contributed by atoms with E-state index in [4.69, 9.17) is 0 Å². The Labute approximate surface area is 169 Å².